The van der Waals surface area contributed by atoms with Gasteiger partial charge >= 0.3 is 0 Å². The van der Waals surface area contributed by atoms with Crippen molar-refractivity contribution in [3.05, 3.63) is 65.0 Å². The largest absolute Gasteiger partial charge is 0.326 e. The number of carbonyl (C=O) groups is 1. The molecule has 1 amide bonds. The van der Waals surface area contributed by atoms with Crippen molar-refractivity contribution in [2.75, 3.05) is 31.5 Å². The van der Waals surface area contributed by atoms with Gasteiger partial charge in [-0.05, 0) is 43.3 Å². The van der Waals surface area contributed by atoms with Crippen molar-refractivity contribution in [3.63, 3.8) is 0 Å². The molecule has 1 saturated heterocycles. The summed E-state index contributed by atoms with van der Waals surface area (Å²) >= 11 is 0. The van der Waals surface area contributed by atoms with Crippen molar-refractivity contribution in [1.82, 2.24) is 9.80 Å². The van der Waals surface area contributed by atoms with E-state index in [1.807, 2.05) is 24.3 Å². The second kappa shape index (κ2) is 9.21. The van der Waals surface area contributed by atoms with E-state index in [1.54, 1.807) is 0 Å². The van der Waals surface area contributed by atoms with Crippen molar-refractivity contribution in [2.45, 2.75) is 26.4 Å². The van der Waals surface area contributed by atoms with Crippen LogP contribution < -0.4 is 5.32 Å². The summed E-state index contributed by atoms with van der Waals surface area (Å²) in [7, 11) is 0. The zero-order chi connectivity index (χ0) is 20.1. The summed E-state index contributed by atoms with van der Waals surface area (Å²) in [4.78, 5) is 15.5. The van der Waals surface area contributed by atoms with Gasteiger partial charge in [0.25, 0.3) is 0 Å². The summed E-state index contributed by atoms with van der Waals surface area (Å²) in [5, 5.41) is 2.75. The average molecular weight is 391 g/mol. The highest BCUT2D eigenvalue weighted by atomic mass is 19.2. The standard InChI is InChI=1S/C21H24F3N3O/c1-15(28)25-18-6-3-16(4-7-18)13-26-9-2-10-27(12-11-26)14-17-5-8-19(22)21(24)20(17)23/h3-8H,2,9-14H2,1H3,(H,25,28). The molecule has 0 aliphatic carbocycles. The second-order valence-corrected chi connectivity index (χ2v) is 7.12. The normalized spacial score (nSPS) is 16.0. The molecule has 1 heterocycles. The Morgan fingerprint density at radius 1 is 0.893 bits per heavy atom. The number of benzene rings is 2. The zero-order valence-corrected chi connectivity index (χ0v) is 15.9. The van der Waals surface area contributed by atoms with E-state index >= 15 is 0 Å². The van der Waals surface area contributed by atoms with Gasteiger partial charge in [0.05, 0.1) is 0 Å². The molecule has 7 heteroatoms. The van der Waals surface area contributed by atoms with Crippen LogP contribution >= 0.6 is 0 Å². The van der Waals surface area contributed by atoms with E-state index in [1.165, 1.54) is 13.0 Å². The molecule has 28 heavy (non-hydrogen) atoms. The Labute approximate surface area is 162 Å². The number of nitrogens with one attached hydrogen (secondary N) is 1. The van der Waals surface area contributed by atoms with Crippen LogP contribution in [0.4, 0.5) is 18.9 Å². The fourth-order valence-corrected chi connectivity index (χ4v) is 3.42. The highest BCUT2D eigenvalue weighted by Crippen LogP contribution is 2.18. The molecule has 0 radical (unpaired) electrons. The molecule has 0 saturated carbocycles. The summed E-state index contributed by atoms with van der Waals surface area (Å²) in [6, 6.07) is 10.0. The molecule has 0 atom stereocenters. The monoisotopic (exact) mass is 391 g/mol. The first-order valence-electron chi connectivity index (χ1n) is 9.36. The minimum Gasteiger partial charge on any atom is -0.326 e. The molecule has 0 unspecified atom stereocenters. The molecule has 1 aliphatic heterocycles. The van der Waals surface area contributed by atoms with Crippen molar-refractivity contribution in [2.24, 2.45) is 0 Å². The molecule has 0 bridgehead atoms. The van der Waals surface area contributed by atoms with Crippen LogP contribution in [-0.2, 0) is 17.9 Å². The maximum atomic E-state index is 13.9. The van der Waals surface area contributed by atoms with Gasteiger partial charge in [0.1, 0.15) is 0 Å². The van der Waals surface area contributed by atoms with Crippen molar-refractivity contribution in [3.8, 4) is 0 Å². The van der Waals surface area contributed by atoms with Gasteiger partial charge < -0.3 is 5.32 Å². The fraction of sp³-hybridized carbons (Fsp3) is 0.381. The van der Waals surface area contributed by atoms with E-state index in [9.17, 15) is 18.0 Å². The maximum Gasteiger partial charge on any atom is 0.221 e. The Balaban J connectivity index is 1.55. The molecule has 1 fully saturated rings. The van der Waals surface area contributed by atoms with Gasteiger partial charge in [0, 0.05) is 44.4 Å². The lowest BCUT2D eigenvalue weighted by molar-refractivity contribution is -0.114. The van der Waals surface area contributed by atoms with Crippen LogP contribution in [0.2, 0.25) is 0 Å². The van der Waals surface area contributed by atoms with Crippen LogP contribution in [0.25, 0.3) is 0 Å². The predicted molar refractivity (Wildman–Crippen MR) is 102 cm³/mol. The van der Waals surface area contributed by atoms with Gasteiger partial charge in [-0.2, -0.15) is 0 Å². The van der Waals surface area contributed by atoms with Gasteiger partial charge in [-0.3, -0.25) is 14.6 Å². The summed E-state index contributed by atoms with van der Waals surface area (Å²) in [6.07, 6.45) is 0.912. The van der Waals surface area contributed by atoms with Crippen LogP contribution in [0, 0.1) is 17.5 Å². The molecular formula is C21H24F3N3O. The van der Waals surface area contributed by atoms with E-state index in [0.717, 1.165) is 56.5 Å². The summed E-state index contributed by atoms with van der Waals surface area (Å²) in [5.74, 6) is -3.76. The molecule has 2 aromatic carbocycles. The summed E-state index contributed by atoms with van der Waals surface area (Å²) in [5.41, 5.74) is 2.10. The first kappa shape index (κ1) is 20.4. The predicted octanol–water partition coefficient (Wildman–Crippen LogP) is 3.77. The van der Waals surface area contributed by atoms with Crippen LogP contribution in [0.1, 0.15) is 24.5 Å². The molecule has 2 aromatic rings. The number of halogens is 3. The molecule has 1 aliphatic rings. The lowest BCUT2D eigenvalue weighted by atomic mass is 10.2. The van der Waals surface area contributed by atoms with Gasteiger partial charge in [-0.1, -0.05) is 18.2 Å². The Morgan fingerprint density at radius 3 is 2.18 bits per heavy atom. The van der Waals surface area contributed by atoms with Gasteiger partial charge in [0.15, 0.2) is 17.5 Å². The van der Waals surface area contributed by atoms with E-state index in [-0.39, 0.29) is 18.0 Å². The molecular weight excluding hydrogens is 367 g/mol. The van der Waals surface area contributed by atoms with Gasteiger partial charge in [-0.25, -0.2) is 13.2 Å². The SMILES string of the molecule is CC(=O)Nc1ccc(CN2CCCN(Cc3ccc(F)c(F)c3F)CC2)cc1. The quantitative estimate of drug-likeness (QED) is 0.789. The molecule has 150 valence electrons. The number of carbonyl (C=O) groups excluding carboxylic acids is 1. The number of rotatable bonds is 5. The van der Waals surface area contributed by atoms with Crippen molar-refractivity contribution >= 4 is 11.6 Å². The third kappa shape index (κ3) is 5.33. The smallest absolute Gasteiger partial charge is 0.221 e. The van der Waals surface area contributed by atoms with E-state index in [0.29, 0.717) is 0 Å². The molecule has 3 rings (SSSR count). The minimum absolute atomic E-state index is 0.0992. The Morgan fingerprint density at radius 2 is 1.54 bits per heavy atom. The average Bonchev–Trinajstić information content (AvgIpc) is 2.88. The lowest BCUT2D eigenvalue weighted by Crippen LogP contribution is -2.30. The number of amides is 1. The van der Waals surface area contributed by atoms with E-state index in [2.05, 4.69) is 15.1 Å². The summed E-state index contributed by atoms with van der Waals surface area (Å²) < 4.78 is 40.4. The van der Waals surface area contributed by atoms with Gasteiger partial charge in [0.2, 0.25) is 5.91 Å². The molecule has 1 N–H and O–H groups in total. The summed E-state index contributed by atoms with van der Waals surface area (Å²) in [6.45, 7) is 5.74. The van der Waals surface area contributed by atoms with E-state index < -0.39 is 17.5 Å². The number of anilines is 1. The van der Waals surface area contributed by atoms with Crippen molar-refractivity contribution < 1.29 is 18.0 Å². The highest BCUT2D eigenvalue weighted by molar-refractivity contribution is 5.88. The van der Waals surface area contributed by atoms with Crippen LogP contribution in [0.5, 0.6) is 0 Å². The Bertz CT molecular complexity index is 826. The van der Waals surface area contributed by atoms with E-state index in [4.69, 9.17) is 0 Å². The van der Waals surface area contributed by atoms with Crippen LogP contribution in [-0.4, -0.2) is 41.9 Å². The number of hydrogen-bond acceptors (Lipinski definition) is 3. The first-order chi connectivity index (χ1) is 13.4. The third-order valence-electron chi connectivity index (χ3n) is 4.87. The first-order valence-corrected chi connectivity index (χ1v) is 9.36. The van der Waals surface area contributed by atoms with Crippen LogP contribution in [0.15, 0.2) is 36.4 Å². The van der Waals surface area contributed by atoms with Crippen molar-refractivity contribution in [1.29, 1.82) is 0 Å². The maximum absolute atomic E-state index is 13.9. The Hall–Kier alpha value is -2.38. The minimum atomic E-state index is -1.41. The van der Waals surface area contributed by atoms with Crippen LogP contribution in [0.3, 0.4) is 0 Å². The molecule has 0 aromatic heterocycles. The topological polar surface area (TPSA) is 35.6 Å². The lowest BCUT2D eigenvalue weighted by Gasteiger charge is -2.22. The number of nitrogens with zero attached hydrogens (tertiary/aromatic N) is 2. The molecule has 0 spiro atoms. The zero-order valence-electron chi connectivity index (χ0n) is 15.9. The fourth-order valence-electron chi connectivity index (χ4n) is 3.42. The Kier molecular flexibility index (Phi) is 6.70. The molecule has 4 nitrogen and oxygen atoms in total. The van der Waals surface area contributed by atoms with Gasteiger partial charge in [-0.15, -0.1) is 0 Å². The third-order valence-corrected chi connectivity index (χ3v) is 4.87. The number of hydrogen-bond donors (Lipinski definition) is 1. The highest BCUT2D eigenvalue weighted by Gasteiger charge is 2.19. The second-order valence-electron chi connectivity index (χ2n) is 7.12.